The Balaban J connectivity index is 2.31. The number of imide groups is 1. The van der Waals surface area contributed by atoms with E-state index in [0.29, 0.717) is 5.69 Å². The van der Waals surface area contributed by atoms with E-state index in [4.69, 9.17) is 4.74 Å². The molecule has 1 aliphatic rings. The fourth-order valence-electron chi connectivity index (χ4n) is 2.30. The maximum absolute atomic E-state index is 11.8. The molecule has 0 unspecified atom stereocenters. The van der Waals surface area contributed by atoms with Crippen LogP contribution in [0, 0.1) is 0 Å². The Hall–Kier alpha value is -1.84. The molecule has 0 saturated heterocycles. The molecule has 1 aliphatic carbocycles. The van der Waals surface area contributed by atoms with Crippen LogP contribution in [-0.4, -0.2) is 18.6 Å². The lowest BCUT2D eigenvalue weighted by Gasteiger charge is -2.19. The number of carbonyl (C=O) groups is 2. The lowest BCUT2D eigenvalue weighted by Crippen LogP contribution is -2.35. The summed E-state index contributed by atoms with van der Waals surface area (Å²) in [6, 6.07) is 5.72. The molecule has 0 aliphatic heterocycles. The van der Waals surface area contributed by atoms with Crippen molar-refractivity contribution in [1.82, 2.24) is 0 Å². The van der Waals surface area contributed by atoms with Crippen LogP contribution in [0.2, 0.25) is 0 Å². The van der Waals surface area contributed by atoms with E-state index in [-0.39, 0.29) is 12.5 Å². The number of fused-ring (bicyclic) bond motifs is 1. The molecule has 0 heterocycles. The molecule has 2 amide bonds. The molecule has 0 bridgehead atoms. The van der Waals surface area contributed by atoms with Crippen LogP contribution >= 0.6 is 0 Å². The number of hydrogen-bond donors (Lipinski definition) is 0. The van der Waals surface area contributed by atoms with Crippen LogP contribution < -0.4 is 4.90 Å². The second-order valence-electron chi connectivity index (χ2n) is 4.36. The summed E-state index contributed by atoms with van der Waals surface area (Å²) < 4.78 is 4.91. The van der Waals surface area contributed by atoms with Gasteiger partial charge in [0, 0.05) is 6.92 Å². The molecule has 0 saturated carbocycles. The summed E-state index contributed by atoms with van der Waals surface area (Å²) in [6.45, 7) is 3.34. The van der Waals surface area contributed by atoms with Crippen LogP contribution in [0.5, 0.6) is 0 Å². The highest BCUT2D eigenvalue weighted by Crippen LogP contribution is 2.27. The minimum atomic E-state index is -0.608. The summed E-state index contributed by atoms with van der Waals surface area (Å²) in [4.78, 5) is 24.4. The third kappa shape index (κ3) is 2.37. The Morgan fingerprint density at radius 3 is 2.67 bits per heavy atom. The number of hydrogen-bond acceptors (Lipinski definition) is 3. The predicted octanol–water partition coefficient (Wildman–Crippen LogP) is 2.68. The van der Waals surface area contributed by atoms with Gasteiger partial charge >= 0.3 is 6.09 Å². The third-order valence-electron chi connectivity index (χ3n) is 3.11. The molecule has 2 rings (SSSR count). The smallest absolute Gasteiger partial charge is 0.421 e. The molecule has 0 radical (unpaired) electrons. The van der Waals surface area contributed by atoms with Gasteiger partial charge in [0.25, 0.3) is 0 Å². The Morgan fingerprint density at radius 1 is 1.28 bits per heavy atom. The molecule has 1 aromatic rings. The minimum absolute atomic E-state index is 0.257. The number of anilines is 1. The number of rotatable bonds is 2. The molecule has 0 atom stereocenters. The average molecular weight is 247 g/mol. The molecular weight excluding hydrogens is 230 g/mol. The van der Waals surface area contributed by atoms with Gasteiger partial charge in [0.1, 0.15) is 0 Å². The lowest BCUT2D eigenvalue weighted by atomic mass is 10.1. The molecule has 4 nitrogen and oxygen atoms in total. The highest BCUT2D eigenvalue weighted by molar-refractivity contribution is 6.11. The molecule has 96 valence electrons. The molecule has 0 aromatic heterocycles. The summed E-state index contributed by atoms with van der Waals surface area (Å²) in [5.41, 5.74) is 3.13. The maximum atomic E-state index is 11.8. The Labute approximate surface area is 107 Å². The lowest BCUT2D eigenvalue weighted by molar-refractivity contribution is -0.116. The topological polar surface area (TPSA) is 46.6 Å². The first-order valence-electron chi connectivity index (χ1n) is 6.22. The first kappa shape index (κ1) is 12.6. The number of nitrogens with zero attached hydrogens (tertiary/aromatic N) is 1. The van der Waals surface area contributed by atoms with E-state index in [1.807, 2.05) is 18.2 Å². The van der Waals surface area contributed by atoms with Crippen LogP contribution in [0.1, 0.15) is 31.4 Å². The van der Waals surface area contributed by atoms with Crippen molar-refractivity contribution in [3.63, 3.8) is 0 Å². The molecule has 0 N–H and O–H groups in total. The van der Waals surface area contributed by atoms with E-state index in [0.717, 1.165) is 24.2 Å². The summed E-state index contributed by atoms with van der Waals surface area (Å²) in [5, 5.41) is 0. The Morgan fingerprint density at radius 2 is 2.00 bits per heavy atom. The van der Waals surface area contributed by atoms with Gasteiger partial charge in [0.2, 0.25) is 5.91 Å². The number of aryl methyl sites for hydroxylation is 2. The first-order valence-corrected chi connectivity index (χ1v) is 6.22. The Kier molecular flexibility index (Phi) is 3.65. The minimum Gasteiger partial charge on any atom is -0.449 e. The zero-order valence-corrected chi connectivity index (χ0v) is 10.7. The van der Waals surface area contributed by atoms with Gasteiger partial charge in [0.15, 0.2) is 0 Å². The molecule has 1 aromatic carbocycles. The van der Waals surface area contributed by atoms with E-state index >= 15 is 0 Å². The standard InChI is InChI=1S/C14H17NO3/c1-3-18-14(17)15(10(2)16)13-8-7-11-5-4-6-12(11)9-13/h7-9H,3-6H2,1-2H3. The van der Waals surface area contributed by atoms with Gasteiger partial charge in [-0.25, -0.2) is 9.69 Å². The zero-order valence-electron chi connectivity index (χ0n) is 10.7. The molecular formula is C14H17NO3. The van der Waals surface area contributed by atoms with E-state index in [1.165, 1.54) is 18.1 Å². The predicted molar refractivity (Wildman–Crippen MR) is 68.6 cm³/mol. The fourth-order valence-corrected chi connectivity index (χ4v) is 2.30. The number of benzene rings is 1. The second-order valence-corrected chi connectivity index (χ2v) is 4.36. The van der Waals surface area contributed by atoms with Crippen molar-refractivity contribution in [1.29, 1.82) is 0 Å². The second kappa shape index (κ2) is 5.21. The van der Waals surface area contributed by atoms with Gasteiger partial charge in [-0.2, -0.15) is 0 Å². The number of amides is 2. The molecule has 0 fully saturated rings. The highest BCUT2D eigenvalue weighted by Gasteiger charge is 2.23. The number of ether oxygens (including phenoxy) is 1. The summed E-state index contributed by atoms with van der Waals surface area (Å²) >= 11 is 0. The Bertz CT molecular complexity index is 482. The maximum Gasteiger partial charge on any atom is 0.421 e. The summed E-state index contributed by atoms with van der Waals surface area (Å²) in [5.74, 6) is -0.327. The van der Waals surface area contributed by atoms with Crippen molar-refractivity contribution in [2.75, 3.05) is 11.5 Å². The van der Waals surface area contributed by atoms with Gasteiger partial charge in [-0.15, -0.1) is 0 Å². The SMILES string of the molecule is CCOC(=O)N(C(C)=O)c1ccc2c(c1)CCC2. The quantitative estimate of drug-likeness (QED) is 0.807. The normalized spacial score (nSPS) is 13.0. The van der Waals surface area contributed by atoms with Crippen molar-refractivity contribution >= 4 is 17.7 Å². The average Bonchev–Trinajstić information content (AvgIpc) is 2.76. The van der Waals surface area contributed by atoms with E-state index < -0.39 is 6.09 Å². The summed E-state index contributed by atoms with van der Waals surface area (Å²) in [6.07, 6.45) is 2.62. The van der Waals surface area contributed by atoms with Crippen LogP contribution in [0.3, 0.4) is 0 Å². The van der Waals surface area contributed by atoms with Crippen molar-refractivity contribution in [3.05, 3.63) is 29.3 Å². The highest BCUT2D eigenvalue weighted by atomic mass is 16.6. The van der Waals surface area contributed by atoms with E-state index in [2.05, 4.69) is 0 Å². The first-order chi connectivity index (χ1) is 8.63. The van der Waals surface area contributed by atoms with Gasteiger partial charge in [-0.3, -0.25) is 4.79 Å². The fraction of sp³-hybridized carbons (Fsp3) is 0.429. The third-order valence-corrected chi connectivity index (χ3v) is 3.11. The van der Waals surface area contributed by atoms with Gasteiger partial charge < -0.3 is 4.74 Å². The van der Waals surface area contributed by atoms with Crippen molar-refractivity contribution < 1.29 is 14.3 Å². The number of carbonyl (C=O) groups excluding carboxylic acids is 2. The van der Waals surface area contributed by atoms with Crippen molar-refractivity contribution in [2.24, 2.45) is 0 Å². The van der Waals surface area contributed by atoms with Crippen molar-refractivity contribution in [2.45, 2.75) is 33.1 Å². The van der Waals surface area contributed by atoms with Crippen LogP contribution in [0.25, 0.3) is 0 Å². The molecule has 0 spiro atoms. The van der Waals surface area contributed by atoms with Crippen molar-refractivity contribution in [3.8, 4) is 0 Å². The molecule has 4 heteroatoms. The van der Waals surface area contributed by atoms with Gasteiger partial charge in [0.05, 0.1) is 12.3 Å². The zero-order chi connectivity index (χ0) is 13.1. The largest absolute Gasteiger partial charge is 0.449 e. The van der Waals surface area contributed by atoms with E-state index in [9.17, 15) is 9.59 Å². The van der Waals surface area contributed by atoms with Crippen LogP contribution in [0.15, 0.2) is 18.2 Å². The van der Waals surface area contributed by atoms with Gasteiger partial charge in [-0.1, -0.05) is 6.07 Å². The van der Waals surface area contributed by atoms with Crippen LogP contribution in [-0.2, 0) is 22.4 Å². The molecule has 18 heavy (non-hydrogen) atoms. The van der Waals surface area contributed by atoms with E-state index in [1.54, 1.807) is 6.92 Å². The van der Waals surface area contributed by atoms with Gasteiger partial charge in [-0.05, 0) is 49.4 Å². The van der Waals surface area contributed by atoms with Crippen LogP contribution in [0.4, 0.5) is 10.5 Å². The summed E-state index contributed by atoms with van der Waals surface area (Å²) in [7, 11) is 0. The monoisotopic (exact) mass is 247 g/mol.